The van der Waals surface area contributed by atoms with Crippen molar-refractivity contribution in [3.63, 3.8) is 0 Å². The van der Waals surface area contributed by atoms with Crippen LogP contribution in [-0.2, 0) is 6.61 Å². The Labute approximate surface area is 94.5 Å². The van der Waals surface area contributed by atoms with Gasteiger partial charge in [0.2, 0.25) is 0 Å². The second-order valence-electron chi connectivity index (χ2n) is 3.88. The predicted molar refractivity (Wildman–Crippen MR) is 64.3 cm³/mol. The number of H-pyrrole nitrogens is 1. The maximum absolute atomic E-state index is 8.94. The van der Waals surface area contributed by atoms with Crippen molar-refractivity contribution in [2.24, 2.45) is 0 Å². The number of aliphatic hydroxyl groups excluding tert-OH is 1. The first kappa shape index (κ1) is 10.7. The van der Waals surface area contributed by atoms with Gasteiger partial charge >= 0.3 is 0 Å². The minimum Gasteiger partial charge on any atom is -0.390 e. The number of aromatic nitrogens is 2. The highest BCUT2D eigenvalue weighted by Gasteiger charge is 2.03. The average molecular weight is 217 g/mol. The molecule has 1 aromatic carbocycles. The van der Waals surface area contributed by atoms with Gasteiger partial charge in [-0.25, -0.2) is 0 Å². The third-order valence-corrected chi connectivity index (χ3v) is 2.48. The van der Waals surface area contributed by atoms with Gasteiger partial charge in [-0.3, -0.25) is 5.10 Å². The van der Waals surface area contributed by atoms with E-state index in [-0.39, 0.29) is 6.61 Å². The van der Waals surface area contributed by atoms with Gasteiger partial charge in [-0.05, 0) is 18.2 Å². The number of aliphatic hydroxyl groups is 1. The molecular formula is C12H15N3O. The fourth-order valence-electron chi connectivity index (χ4n) is 1.52. The summed E-state index contributed by atoms with van der Waals surface area (Å²) < 4.78 is 0. The molecule has 0 amide bonds. The standard InChI is InChI=1S/C12H15N3O/c1-15(2)11-5-3-9(4-6-11)12-7-10(8-16)13-14-12/h3-7,16H,8H2,1-2H3,(H,13,14). The SMILES string of the molecule is CN(C)c1ccc(-c2cc(CO)[nH]n2)cc1. The minimum atomic E-state index is -0.0111. The molecule has 0 unspecified atom stereocenters. The highest BCUT2D eigenvalue weighted by molar-refractivity contribution is 5.63. The fourth-order valence-corrected chi connectivity index (χ4v) is 1.52. The van der Waals surface area contributed by atoms with Gasteiger partial charge in [0.05, 0.1) is 18.0 Å². The van der Waals surface area contributed by atoms with Crippen LogP contribution in [0.1, 0.15) is 5.69 Å². The van der Waals surface area contributed by atoms with Gasteiger partial charge in [0.1, 0.15) is 0 Å². The first-order valence-electron chi connectivity index (χ1n) is 5.13. The molecule has 4 heteroatoms. The summed E-state index contributed by atoms with van der Waals surface area (Å²) in [5.74, 6) is 0. The molecule has 0 aliphatic carbocycles. The molecule has 0 saturated heterocycles. The third-order valence-electron chi connectivity index (χ3n) is 2.48. The Balaban J connectivity index is 2.27. The molecule has 0 atom stereocenters. The van der Waals surface area contributed by atoms with Gasteiger partial charge in [-0.1, -0.05) is 12.1 Å². The number of hydrogen-bond acceptors (Lipinski definition) is 3. The summed E-state index contributed by atoms with van der Waals surface area (Å²) in [6, 6.07) is 9.98. The first-order chi connectivity index (χ1) is 7.70. The molecule has 0 saturated carbocycles. The fraction of sp³-hybridized carbons (Fsp3) is 0.250. The molecule has 16 heavy (non-hydrogen) atoms. The van der Waals surface area contributed by atoms with Crippen LogP contribution < -0.4 is 4.90 Å². The van der Waals surface area contributed by atoms with Crippen LogP contribution >= 0.6 is 0 Å². The van der Waals surface area contributed by atoms with Gasteiger partial charge in [0.25, 0.3) is 0 Å². The number of benzene rings is 1. The van der Waals surface area contributed by atoms with E-state index >= 15 is 0 Å². The van der Waals surface area contributed by atoms with Crippen molar-refractivity contribution in [3.8, 4) is 11.3 Å². The van der Waals surface area contributed by atoms with Crippen molar-refractivity contribution in [2.75, 3.05) is 19.0 Å². The van der Waals surface area contributed by atoms with Gasteiger partial charge < -0.3 is 10.0 Å². The summed E-state index contributed by atoms with van der Waals surface area (Å²) in [5.41, 5.74) is 3.78. The molecule has 84 valence electrons. The van der Waals surface area contributed by atoms with Crippen LogP contribution in [0.3, 0.4) is 0 Å². The molecule has 2 rings (SSSR count). The summed E-state index contributed by atoms with van der Waals surface area (Å²) in [6.07, 6.45) is 0. The molecule has 2 N–H and O–H groups in total. The molecule has 1 aromatic heterocycles. The Hall–Kier alpha value is -1.81. The van der Waals surface area contributed by atoms with Crippen LogP contribution in [0.2, 0.25) is 0 Å². The lowest BCUT2D eigenvalue weighted by Crippen LogP contribution is -2.07. The largest absolute Gasteiger partial charge is 0.390 e. The van der Waals surface area contributed by atoms with E-state index in [0.717, 1.165) is 22.6 Å². The molecule has 0 radical (unpaired) electrons. The van der Waals surface area contributed by atoms with Crippen molar-refractivity contribution in [3.05, 3.63) is 36.0 Å². The number of anilines is 1. The Morgan fingerprint density at radius 1 is 1.25 bits per heavy atom. The quantitative estimate of drug-likeness (QED) is 0.821. The summed E-state index contributed by atoms with van der Waals surface area (Å²) in [5, 5.41) is 15.9. The van der Waals surface area contributed by atoms with Crippen molar-refractivity contribution in [2.45, 2.75) is 6.61 Å². The maximum atomic E-state index is 8.94. The molecule has 0 spiro atoms. The second-order valence-corrected chi connectivity index (χ2v) is 3.88. The maximum Gasteiger partial charge on any atom is 0.0924 e. The molecule has 0 aliphatic heterocycles. The Kier molecular flexibility index (Phi) is 2.92. The number of rotatable bonds is 3. The molecule has 1 heterocycles. The number of aromatic amines is 1. The van der Waals surface area contributed by atoms with Crippen LogP contribution in [0.5, 0.6) is 0 Å². The second kappa shape index (κ2) is 4.37. The van der Waals surface area contributed by atoms with Gasteiger partial charge in [-0.15, -0.1) is 0 Å². The molecule has 0 bridgehead atoms. The molecule has 0 aliphatic rings. The highest BCUT2D eigenvalue weighted by atomic mass is 16.3. The number of nitrogens with one attached hydrogen (secondary N) is 1. The van der Waals surface area contributed by atoms with Gasteiger partial charge in [-0.2, -0.15) is 5.10 Å². The normalized spacial score (nSPS) is 10.4. The average Bonchev–Trinajstić information content (AvgIpc) is 2.77. The predicted octanol–water partition coefficient (Wildman–Crippen LogP) is 1.63. The first-order valence-corrected chi connectivity index (χ1v) is 5.13. The van der Waals surface area contributed by atoms with Crippen LogP contribution in [0, 0.1) is 0 Å². The van der Waals surface area contributed by atoms with Crippen LogP contribution in [0.15, 0.2) is 30.3 Å². The smallest absolute Gasteiger partial charge is 0.0924 e. The van der Waals surface area contributed by atoms with Crippen molar-refractivity contribution >= 4 is 5.69 Å². The van der Waals surface area contributed by atoms with Crippen molar-refractivity contribution in [1.29, 1.82) is 0 Å². The highest BCUT2D eigenvalue weighted by Crippen LogP contribution is 2.21. The lowest BCUT2D eigenvalue weighted by molar-refractivity contribution is 0.276. The minimum absolute atomic E-state index is 0.0111. The topological polar surface area (TPSA) is 52.1 Å². The molecular weight excluding hydrogens is 202 g/mol. The molecule has 2 aromatic rings. The van der Waals surface area contributed by atoms with E-state index in [1.807, 2.05) is 49.3 Å². The van der Waals surface area contributed by atoms with E-state index in [0.29, 0.717) is 0 Å². The van der Waals surface area contributed by atoms with E-state index in [4.69, 9.17) is 5.11 Å². The zero-order valence-corrected chi connectivity index (χ0v) is 9.44. The van der Waals surface area contributed by atoms with Crippen molar-refractivity contribution in [1.82, 2.24) is 10.2 Å². The zero-order chi connectivity index (χ0) is 11.5. The van der Waals surface area contributed by atoms with Gasteiger partial charge in [0.15, 0.2) is 0 Å². The van der Waals surface area contributed by atoms with E-state index in [1.54, 1.807) is 0 Å². The van der Waals surface area contributed by atoms with Gasteiger partial charge in [0, 0.05) is 25.3 Å². The Morgan fingerprint density at radius 2 is 1.94 bits per heavy atom. The number of nitrogens with zero attached hydrogens (tertiary/aromatic N) is 2. The zero-order valence-electron chi connectivity index (χ0n) is 9.44. The monoisotopic (exact) mass is 217 g/mol. The Morgan fingerprint density at radius 3 is 2.44 bits per heavy atom. The number of hydrogen-bond donors (Lipinski definition) is 2. The van der Waals surface area contributed by atoms with Crippen LogP contribution in [-0.4, -0.2) is 29.4 Å². The Bertz CT molecular complexity index is 459. The van der Waals surface area contributed by atoms with Crippen molar-refractivity contribution < 1.29 is 5.11 Å². The summed E-state index contributed by atoms with van der Waals surface area (Å²) >= 11 is 0. The van der Waals surface area contributed by atoms with Crippen LogP contribution in [0.25, 0.3) is 11.3 Å². The summed E-state index contributed by atoms with van der Waals surface area (Å²) in [4.78, 5) is 2.05. The summed E-state index contributed by atoms with van der Waals surface area (Å²) in [7, 11) is 4.01. The lowest BCUT2D eigenvalue weighted by atomic mass is 10.1. The molecule has 4 nitrogen and oxygen atoms in total. The molecule has 0 fully saturated rings. The lowest BCUT2D eigenvalue weighted by Gasteiger charge is -2.11. The van der Waals surface area contributed by atoms with E-state index in [1.165, 1.54) is 0 Å². The third kappa shape index (κ3) is 2.06. The van der Waals surface area contributed by atoms with E-state index in [2.05, 4.69) is 10.2 Å². The van der Waals surface area contributed by atoms with Crippen LogP contribution in [0.4, 0.5) is 5.69 Å². The summed E-state index contributed by atoms with van der Waals surface area (Å²) in [6.45, 7) is -0.0111. The van der Waals surface area contributed by atoms with E-state index < -0.39 is 0 Å². The van der Waals surface area contributed by atoms with E-state index in [9.17, 15) is 0 Å².